The van der Waals surface area contributed by atoms with Crippen LogP contribution in [0.5, 0.6) is 0 Å². The first-order chi connectivity index (χ1) is 12.5. The number of anilines is 1. The number of rotatable bonds is 9. The monoisotopic (exact) mass is 392 g/mol. The van der Waals surface area contributed by atoms with Gasteiger partial charge in [-0.25, -0.2) is 8.42 Å². The molecule has 0 aliphatic heterocycles. The number of aryl methyl sites for hydroxylation is 1. The number of hydrogen-bond donors (Lipinski definition) is 2. The summed E-state index contributed by atoms with van der Waals surface area (Å²) < 4.78 is 27.6. The second kappa shape index (κ2) is 9.75. The number of hydrogen-bond acceptors (Lipinski definition) is 4. The highest BCUT2D eigenvalue weighted by atomic mass is 32.2. The highest BCUT2D eigenvalue weighted by molar-refractivity contribution is 7.98. The Bertz CT molecular complexity index is 806. The Hall–Kier alpha value is -1.83. The van der Waals surface area contributed by atoms with Crippen LogP contribution in [0.3, 0.4) is 0 Å². The van der Waals surface area contributed by atoms with Crippen LogP contribution in [0.1, 0.15) is 18.9 Å². The summed E-state index contributed by atoms with van der Waals surface area (Å²) in [5, 5.41) is 2.80. The van der Waals surface area contributed by atoms with Crippen molar-refractivity contribution in [3.05, 3.63) is 60.2 Å². The van der Waals surface area contributed by atoms with Gasteiger partial charge < -0.3 is 5.32 Å². The van der Waals surface area contributed by atoms with Crippen LogP contribution in [0.25, 0.3) is 0 Å². The largest absolute Gasteiger partial charge is 0.325 e. The summed E-state index contributed by atoms with van der Waals surface area (Å²) in [6, 6.07) is 14.8. The Balaban J connectivity index is 2.13. The van der Waals surface area contributed by atoms with E-state index in [1.165, 1.54) is 17.7 Å². The lowest BCUT2D eigenvalue weighted by Crippen LogP contribution is -2.44. The van der Waals surface area contributed by atoms with E-state index < -0.39 is 16.1 Å². The Kier molecular flexibility index (Phi) is 7.68. The van der Waals surface area contributed by atoms with Crippen LogP contribution in [0.2, 0.25) is 0 Å². The molecule has 0 aromatic heterocycles. The normalized spacial score (nSPS) is 12.5. The van der Waals surface area contributed by atoms with Gasteiger partial charge in [-0.3, -0.25) is 4.79 Å². The number of carbonyl (C=O) groups excluding carboxylic acids is 1. The molecule has 2 N–H and O–H groups in total. The molecule has 0 aliphatic carbocycles. The molecule has 5 nitrogen and oxygen atoms in total. The fourth-order valence-electron chi connectivity index (χ4n) is 2.39. The van der Waals surface area contributed by atoms with Gasteiger partial charge in [0.15, 0.2) is 0 Å². The third-order valence-corrected chi connectivity index (χ3v) is 6.04. The minimum atomic E-state index is -3.76. The van der Waals surface area contributed by atoms with Gasteiger partial charge in [-0.2, -0.15) is 16.5 Å². The van der Waals surface area contributed by atoms with E-state index in [2.05, 4.69) is 17.0 Å². The summed E-state index contributed by atoms with van der Waals surface area (Å²) in [7, 11) is -3.76. The zero-order valence-corrected chi connectivity index (χ0v) is 16.6. The molecule has 2 aromatic carbocycles. The molecule has 1 unspecified atom stereocenters. The highest BCUT2D eigenvalue weighted by Gasteiger charge is 2.25. The molecule has 0 heterocycles. The Morgan fingerprint density at radius 2 is 1.73 bits per heavy atom. The van der Waals surface area contributed by atoms with E-state index in [9.17, 15) is 13.2 Å². The van der Waals surface area contributed by atoms with Crippen LogP contribution in [0, 0.1) is 0 Å². The average Bonchev–Trinajstić information content (AvgIpc) is 2.66. The van der Waals surface area contributed by atoms with Gasteiger partial charge in [0, 0.05) is 5.69 Å². The summed E-state index contributed by atoms with van der Waals surface area (Å²) in [6.45, 7) is 2.06. The van der Waals surface area contributed by atoms with Gasteiger partial charge in [0.05, 0.1) is 4.90 Å². The van der Waals surface area contributed by atoms with Crippen molar-refractivity contribution in [3.63, 3.8) is 0 Å². The lowest BCUT2D eigenvalue weighted by molar-refractivity contribution is -0.117. The number of carbonyl (C=O) groups is 1. The molecular weight excluding hydrogens is 368 g/mol. The predicted molar refractivity (Wildman–Crippen MR) is 108 cm³/mol. The minimum absolute atomic E-state index is 0.147. The highest BCUT2D eigenvalue weighted by Crippen LogP contribution is 2.14. The molecule has 7 heteroatoms. The molecule has 1 amide bonds. The molecule has 26 heavy (non-hydrogen) atoms. The molecule has 2 rings (SSSR count). The zero-order valence-electron chi connectivity index (χ0n) is 14.9. The van der Waals surface area contributed by atoms with Gasteiger partial charge in [-0.1, -0.05) is 37.3 Å². The summed E-state index contributed by atoms with van der Waals surface area (Å²) in [6.07, 6.45) is 3.25. The first-order valence-electron chi connectivity index (χ1n) is 8.42. The van der Waals surface area contributed by atoms with Gasteiger partial charge in [0.2, 0.25) is 15.9 Å². The lowest BCUT2D eigenvalue weighted by atomic mass is 10.1. The maximum absolute atomic E-state index is 12.6. The second-order valence-electron chi connectivity index (χ2n) is 5.81. The van der Waals surface area contributed by atoms with Crippen molar-refractivity contribution in [1.82, 2.24) is 4.72 Å². The van der Waals surface area contributed by atoms with Crippen molar-refractivity contribution in [1.29, 1.82) is 0 Å². The molecule has 0 aliphatic rings. The SMILES string of the molecule is CCc1ccc(NC(=O)C(CCSC)NS(=O)(=O)c2ccccc2)cc1. The number of amides is 1. The molecule has 0 bridgehead atoms. The Morgan fingerprint density at radius 3 is 2.31 bits per heavy atom. The van der Waals surface area contributed by atoms with Gasteiger partial charge in [-0.15, -0.1) is 0 Å². The maximum atomic E-state index is 12.6. The minimum Gasteiger partial charge on any atom is -0.325 e. The Morgan fingerprint density at radius 1 is 1.08 bits per heavy atom. The van der Waals surface area contributed by atoms with Crippen LogP contribution >= 0.6 is 11.8 Å². The van der Waals surface area contributed by atoms with Crippen molar-refractivity contribution < 1.29 is 13.2 Å². The third kappa shape index (κ3) is 5.86. The molecule has 140 valence electrons. The predicted octanol–water partition coefficient (Wildman–Crippen LogP) is 3.29. The summed E-state index contributed by atoms with van der Waals surface area (Å²) in [5.74, 6) is 0.312. The van der Waals surface area contributed by atoms with E-state index in [1.807, 2.05) is 30.5 Å². The number of thioether (sulfide) groups is 1. The van der Waals surface area contributed by atoms with Gasteiger partial charge in [-0.05, 0) is 54.7 Å². The maximum Gasteiger partial charge on any atom is 0.242 e. The van der Waals surface area contributed by atoms with Crippen molar-refractivity contribution >= 4 is 33.4 Å². The first-order valence-corrected chi connectivity index (χ1v) is 11.3. The van der Waals surface area contributed by atoms with Gasteiger partial charge >= 0.3 is 0 Å². The Labute approximate surface area is 159 Å². The van der Waals surface area contributed by atoms with Crippen molar-refractivity contribution in [2.24, 2.45) is 0 Å². The topological polar surface area (TPSA) is 75.3 Å². The average molecular weight is 393 g/mol. The summed E-state index contributed by atoms with van der Waals surface area (Å²) in [4.78, 5) is 12.8. The summed E-state index contributed by atoms with van der Waals surface area (Å²) in [5.41, 5.74) is 1.83. The third-order valence-electron chi connectivity index (χ3n) is 3.91. The van der Waals surface area contributed by atoms with Gasteiger partial charge in [0.25, 0.3) is 0 Å². The van der Waals surface area contributed by atoms with Crippen LogP contribution in [-0.4, -0.2) is 32.4 Å². The van der Waals surface area contributed by atoms with E-state index in [1.54, 1.807) is 30.0 Å². The standard InChI is InChI=1S/C19H24N2O3S2/c1-3-15-9-11-16(12-10-15)20-19(22)18(13-14-25-2)21-26(23,24)17-7-5-4-6-8-17/h4-12,18,21H,3,13-14H2,1-2H3,(H,20,22). The molecule has 0 spiro atoms. The van der Waals surface area contributed by atoms with Crippen molar-refractivity contribution in [2.45, 2.75) is 30.7 Å². The fourth-order valence-corrected chi connectivity index (χ4v) is 4.11. The van der Waals surface area contributed by atoms with Crippen LogP contribution < -0.4 is 10.0 Å². The molecule has 0 saturated heterocycles. The van der Waals surface area contributed by atoms with Crippen LogP contribution in [-0.2, 0) is 21.2 Å². The zero-order chi connectivity index (χ0) is 19.0. The van der Waals surface area contributed by atoms with E-state index in [0.717, 1.165) is 6.42 Å². The van der Waals surface area contributed by atoms with Crippen LogP contribution in [0.15, 0.2) is 59.5 Å². The van der Waals surface area contributed by atoms with E-state index in [4.69, 9.17) is 0 Å². The number of nitrogens with one attached hydrogen (secondary N) is 2. The van der Waals surface area contributed by atoms with Gasteiger partial charge in [0.1, 0.15) is 6.04 Å². The quantitative estimate of drug-likeness (QED) is 0.687. The summed E-state index contributed by atoms with van der Waals surface area (Å²) >= 11 is 1.57. The molecule has 1 atom stereocenters. The number of benzene rings is 2. The molecular formula is C19H24N2O3S2. The van der Waals surface area contributed by atoms with Crippen molar-refractivity contribution in [3.8, 4) is 0 Å². The van der Waals surface area contributed by atoms with E-state index in [-0.39, 0.29) is 10.8 Å². The van der Waals surface area contributed by atoms with Crippen LogP contribution in [0.4, 0.5) is 5.69 Å². The lowest BCUT2D eigenvalue weighted by Gasteiger charge is -2.18. The van der Waals surface area contributed by atoms with E-state index >= 15 is 0 Å². The van der Waals surface area contributed by atoms with Crippen molar-refractivity contribution in [2.75, 3.05) is 17.3 Å². The number of sulfonamides is 1. The first kappa shape index (κ1) is 20.5. The molecule has 2 aromatic rings. The molecule has 0 fully saturated rings. The smallest absolute Gasteiger partial charge is 0.242 e. The fraction of sp³-hybridized carbons (Fsp3) is 0.316. The molecule has 0 saturated carbocycles. The second-order valence-corrected chi connectivity index (χ2v) is 8.51. The molecule has 0 radical (unpaired) electrons. The van der Waals surface area contributed by atoms with E-state index in [0.29, 0.717) is 17.9 Å².